The van der Waals surface area contributed by atoms with Crippen LogP contribution in [0.5, 0.6) is 11.5 Å². The van der Waals surface area contributed by atoms with Crippen molar-refractivity contribution in [3.05, 3.63) is 88.4 Å². The Bertz CT molecular complexity index is 1340. The second kappa shape index (κ2) is 9.35. The molecule has 4 rings (SSSR count). The molecule has 1 aromatic heterocycles. The van der Waals surface area contributed by atoms with E-state index in [1.807, 2.05) is 24.3 Å². The van der Waals surface area contributed by atoms with Crippen LogP contribution in [0, 0.1) is 11.3 Å². The van der Waals surface area contributed by atoms with Gasteiger partial charge >= 0.3 is 6.18 Å². The fourth-order valence-electron chi connectivity index (χ4n) is 3.19. The number of methoxy groups -OCH3 is 1. The van der Waals surface area contributed by atoms with Crippen molar-refractivity contribution < 1.29 is 22.6 Å². The van der Waals surface area contributed by atoms with Gasteiger partial charge in [-0.05, 0) is 53.6 Å². The van der Waals surface area contributed by atoms with Crippen molar-refractivity contribution in [2.75, 3.05) is 7.11 Å². The normalized spacial score (nSPS) is 11.9. The third-order valence-corrected chi connectivity index (χ3v) is 5.86. The van der Waals surface area contributed by atoms with Gasteiger partial charge in [-0.3, -0.25) is 0 Å². The highest BCUT2D eigenvalue weighted by Crippen LogP contribution is 2.33. The number of nitriles is 1. The van der Waals surface area contributed by atoms with Crippen LogP contribution in [-0.2, 0) is 12.8 Å². The van der Waals surface area contributed by atoms with E-state index in [1.54, 1.807) is 30.3 Å². The molecule has 0 radical (unpaired) electrons. The zero-order valence-electron chi connectivity index (χ0n) is 17.4. The van der Waals surface area contributed by atoms with Gasteiger partial charge in [-0.15, -0.1) is 11.3 Å². The Kier molecular flexibility index (Phi) is 6.33. The zero-order valence-corrected chi connectivity index (χ0v) is 18.2. The Morgan fingerprint density at radius 2 is 1.88 bits per heavy atom. The second-order valence-electron chi connectivity index (χ2n) is 7.05. The van der Waals surface area contributed by atoms with Crippen molar-refractivity contribution >= 4 is 33.2 Å². The van der Waals surface area contributed by atoms with E-state index >= 15 is 0 Å². The van der Waals surface area contributed by atoms with Crippen LogP contribution in [0.15, 0.2) is 66.7 Å². The van der Waals surface area contributed by atoms with E-state index in [1.165, 1.54) is 24.5 Å². The van der Waals surface area contributed by atoms with Crippen molar-refractivity contribution in [1.82, 2.24) is 4.98 Å². The Balaban J connectivity index is 1.56. The van der Waals surface area contributed by atoms with Gasteiger partial charge in [-0.25, -0.2) is 4.98 Å². The Morgan fingerprint density at radius 1 is 1.06 bits per heavy atom. The first-order valence-corrected chi connectivity index (χ1v) is 10.6. The summed E-state index contributed by atoms with van der Waals surface area (Å²) in [4.78, 5) is 4.52. The lowest BCUT2D eigenvalue weighted by atomic mass is 10.1. The van der Waals surface area contributed by atoms with Crippen LogP contribution in [-0.4, -0.2) is 12.1 Å². The van der Waals surface area contributed by atoms with Crippen molar-refractivity contribution in [3.8, 4) is 17.6 Å². The summed E-state index contributed by atoms with van der Waals surface area (Å²) in [5.41, 5.74) is 1.60. The number of alkyl halides is 3. The number of hydrogen-bond donors (Lipinski definition) is 0. The number of aromatic nitrogens is 1. The molecule has 0 fully saturated rings. The molecule has 0 bridgehead atoms. The third-order valence-electron chi connectivity index (χ3n) is 4.79. The Morgan fingerprint density at radius 3 is 2.61 bits per heavy atom. The van der Waals surface area contributed by atoms with E-state index in [0.29, 0.717) is 33.2 Å². The first-order chi connectivity index (χ1) is 15.9. The number of para-hydroxylation sites is 1. The standard InChI is InChI=1S/C25H17F3N2O2S/c1-31-22-13-16(11-18(14-29)24-30-20-7-2-3-8-23(20)33-24)9-10-21(22)32-15-17-5-4-6-19(12-17)25(26,27)28/h2-13H,15H2,1H3. The van der Waals surface area contributed by atoms with E-state index in [2.05, 4.69) is 11.1 Å². The topological polar surface area (TPSA) is 55.1 Å². The molecule has 0 N–H and O–H groups in total. The molecule has 0 aliphatic carbocycles. The van der Waals surface area contributed by atoms with Crippen LogP contribution in [0.4, 0.5) is 13.2 Å². The number of halogens is 3. The highest BCUT2D eigenvalue weighted by molar-refractivity contribution is 7.19. The smallest absolute Gasteiger partial charge is 0.416 e. The van der Waals surface area contributed by atoms with E-state index in [0.717, 1.165) is 22.3 Å². The molecule has 0 aliphatic rings. The number of rotatable bonds is 6. The minimum Gasteiger partial charge on any atom is -0.493 e. The number of benzene rings is 3. The maximum Gasteiger partial charge on any atom is 0.416 e. The van der Waals surface area contributed by atoms with Crippen LogP contribution >= 0.6 is 11.3 Å². The number of thiazole rings is 1. The minimum absolute atomic E-state index is 0.0510. The number of hydrogen-bond acceptors (Lipinski definition) is 5. The van der Waals surface area contributed by atoms with Gasteiger partial charge in [0, 0.05) is 0 Å². The Labute approximate surface area is 192 Å². The third kappa shape index (κ3) is 5.16. The van der Waals surface area contributed by atoms with Gasteiger partial charge in [0.2, 0.25) is 0 Å². The summed E-state index contributed by atoms with van der Waals surface area (Å²) in [7, 11) is 1.47. The number of ether oxygens (including phenoxy) is 2. The molecule has 0 saturated heterocycles. The van der Waals surface area contributed by atoms with E-state index in [-0.39, 0.29) is 6.61 Å². The first kappa shape index (κ1) is 22.4. The minimum atomic E-state index is -4.41. The summed E-state index contributed by atoms with van der Waals surface area (Å²) in [6, 6.07) is 19.9. The lowest BCUT2D eigenvalue weighted by Crippen LogP contribution is -2.06. The van der Waals surface area contributed by atoms with Gasteiger partial charge in [-0.2, -0.15) is 18.4 Å². The molecule has 0 aliphatic heterocycles. The van der Waals surface area contributed by atoms with Crippen LogP contribution in [0.25, 0.3) is 21.9 Å². The second-order valence-corrected chi connectivity index (χ2v) is 8.08. The van der Waals surface area contributed by atoms with Crippen LogP contribution in [0.2, 0.25) is 0 Å². The summed E-state index contributed by atoms with van der Waals surface area (Å²) in [5, 5.41) is 10.3. The predicted octanol–water partition coefficient (Wildman–Crippen LogP) is 6.97. The summed E-state index contributed by atoms with van der Waals surface area (Å²) in [6.07, 6.45) is -2.71. The summed E-state index contributed by atoms with van der Waals surface area (Å²) >= 11 is 1.43. The van der Waals surface area contributed by atoms with Gasteiger partial charge in [-0.1, -0.05) is 30.3 Å². The van der Waals surface area contributed by atoms with Crippen molar-refractivity contribution in [2.24, 2.45) is 0 Å². The van der Waals surface area contributed by atoms with E-state index < -0.39 is 11.7 Å². The van der Waals surface area contributed by atoms with E-state index in [9.17, 15) is 18.4 Å². The number of nitrogens with zero attached hydrogens (tertiary/aromatic N) is 2. The lowest BCUT2D eigenvalue weighted by Gasteiger charge is -2.13. The molecule has 4 aromatic rings. The quantitative estimate of drug-likeness (QED) is 0.288. The monoisotopic (exact) mass is 466 g/mol. The van der Waals surface area contributed by atoms with Crippen molar-refractivity contribution in [3.63, 3.8) is 0 Å². The molecule has 4 nitrogen and oxygen atoms in total. The fraction of sp³-hybridized carbons (Fsp3) is 0.120. The van der Waals surface area contributed by atoms with Gasteiger partial charge in [0.1, 0.15) is 17.7 Å². The molecule has 0 amide bonds. The predicted molar refractivity (Wildman–Crippen MR) is 122 cm³/mol. The van der Waals surface area contributed by atoms with Crippen molar-refractivity contribution in [1.29, 1.82) is 5.26 Å². The molecule has 0 atom stereocenters. The lowest BCUT2D eigenvalue weighted by molar-refractivity contribution is -0.137. The van der Waals surface area contributed by atoms with Crippen LogP contribution in [0.1, 0.15) is 21.7 Å². The zero-order chi connectivity index (χ0) is 23.4. The molecule has 0 spiro atoms. The SMILES string of the molecule is COc1cc(C=C(C#N)c2nc3ccccc3s2)ccc1OCc1cccc(C(F)(F)F)c1. The highest BCUT2D eigenvalue weighted by Gasteiger charge is 2.30. The maximum atomic E-state index is 12.9. The maximum absolute atomic E-state index is 12.9. The van der Waals surface area contributed by atoms with Gasteiger partial charge in [0.05, 0.1) is 28.5 Å². The number of allylic oxidation sites excluding steroid dienone is 1. The molecular formula is C25H17F3N2O2S. The molecule has 1 heterocycles. The molecule has 0 saturated carbocycles. The molecule has 166 valence electrons. The number of fused-ring (bicyclic) bond motifs is 1. The van der Waals surface area contributed by atoms with Crippen LogP contribution in [0.3, 0.4) is 0 Å². The van der Waals surface area contributed by atoms with Gasteiger partial charge in [0.15, 0.2) is 11.5 Å². The van der Waals surface area contributed by atoms with E-state index in [4.69, 9.17) is 9.47 Å². The highest BCUT2D eigenvalue weighted by atomic mass is 32.1. The summed E-state index contributed by atoms with van der Waals surface area (Å²) in [6.45, 7) is -0.0510. The molecule has 8 heteroatoms. The summed E-state index contributed by atoms with van der Waals surface area (Å²) < 4.78 is 50.8. The largest absolute Gasteiger partial charge is 0.493 e. The molecule has 3 aromatic carbocycles. The molecular weight excluding hydrogens is 449 g/mol. The Hall–Kier alpha value is -3.83. The fourth-order valence-corrected chi connectivity index (χ4v) is 4.12. The van der Waals surface area contributed by atoms with Crippen LogP contribution < -0.4 is 9.47 Å². The average Bonchev–Trinajstić information content (AvgIpc) is 3.25. The summed E-state index contributed by atoms with van der Waals surface area (Å²) in [5.74, 6) is 0.780. The van der Waals surface area contributed by atoms with Gasteiger partial charge in [0.25, 0.3) is 0 Å². The first-order valence-electron chi connectivity index (χ1n) is 9.82. The van der Waals surface area contributed by atoms with Crippen molar-refractivity contribution in [2.45, 2.75) is 12.8 Å². The van der Waals surface area contributed by atoms with Gasteiger partial charge < -0.3 is 9.47 Å². The molecule has 33 heavy (non-hydrogen) atoms. The average molecular weight is 466 g/mol. The molecule has 0 unspecified atom stereocenters.